The lowest BCUT2D eigenvalue weighted by atomic mass is 10.2. The van der Waals surface area contributed by atoms with Crippen LogP contribution in [-0.2, 0) is 4.79 Å². The van der Waals surface area contributed by atoms with E-state index < -0.39 is 5.63 Å². The number of ketones is 1. The van der Waals surface area contributed by atoms with E-state index in [9.17, 15) is 9.59 Å². The van der Waals surface area contributed by atoms with Crippen molar-refractivity contribution in [3.63, 3.8) is 0 Å². The fourth-order valence-electron chi connectivity index (χ4n) is 1.44. The van der Waals surface area contributed by atoms with E-state index in [2.05, 4.69) is 0 Å². The molecule has 0 aliphatic carbocycles. The number of rotatable bonds is 4. The lowest BCUT2D eigenvalue weighted by Crippen LogP contribution is -2.02. The molecule has 4 heteroatoms. The third-order valence-corrected chi connectivity index (χ3v) is 2.32. The van der Waals surface area contributed by atoms with Crippen LogP contribution in [0.2, 0.25) is 0 Å². The van der Waals surface area contributed by atoms with Crippen molar-refractivity contribution in [3.05, 3.63) is 40.8 Å². The third kappa shape index (κ3) is 2.93. The minimum Gasteiger partial charge on any atom is -0.493 e. The molecule has 1 aromatic heterocycles. The van der Waals surface area contributed by atoms with E-state index in [1.54, 1.807) is 24.3 Å². The summed E-state index contributed by atoms with van der Waals surface area (Å²) in [7, 11) is 0. The van der Waals surface area contributed by atoms with Crippen LogP contribution in [0.25, 0.3) is 11.0 Å². The summed E-state index contributed by atoms with van der Waals surface area (Å²) in [6.07, 6.45) is 0.372. The number of carbonyl (C=O) groups is 1. The highest BCUT2D eigenvalue weighted by atomic mass is 16.5. The van der Waals surface area contributed by atoms with Gasteiger partial charge in [-0.05, 0) is 25.1 Å². The van der Waals surface area contributed by atoms with Crippen LogP contribution < -0.4 is 10.4 Å². The van der Waals surface area contributed by atoms with Crippen LogP contribution in [0.4, 0.5) is 0 Å². The number of hydrogen-bond acceptors (Lipinski definition) is 4. The quantitative estimate of drug-likeness (QED) is 0.758. The van der Waals surface area contributed by atoms with E-state index in [1.165, 1.54) is 13.0 Å². The van der Waals surface area contributed by atoms with Crippen molar-refractivity contribution < 1.29 is 13.9 Å². The van der Waals surface area contributed by atoms with Gasteiger partial charge in [0.15, 0.2) is 0 Å². The summed E-state index contributed by atoms with van der Waals surface area (Å²) < 4.78 is 10.4. The lowest BCUT2D eigenvalue weighted by molar-refractivity contribution is -0.117. The molecule has 0 bridgehead atoms. The Balaban J connectivity index is 2.19. The van der Waals surface area contributed by atoms with Crippen LogP contribution in [0.5, 0.6) is 5.75 Å². The molecule has 2 aromatic rings. The number of hydrogen-bond donors (Lipinski definition) is 0. The highest BCUT2D eigenvalue weighted by molar-refractivity contribution is 5.78. The predicted octanol–water partition coefficient (Wildman–Crippen LogP) is 2.15. The number of carbonyl (C=O) groups excluding carboxylic acids is 1. The molecule has 1 aromatic carbocycles. The standard InChI is InChI=1S/C13H12O4/c1-9(14)6-7-16-11-4-2-10-3-5-13(15)17-12(10)8-11/h2-5,8H,6-7H2,1H3. The number of fused-ring (bicyclic) bond motifs is 1. The largest absolute Gasteiger partial charge is 0.493 e. The Morgan fingerprint density at radius 3 is 2.82 bits per heavy atom. The highest BCUT2D eigenvalue weighted by Crippen LogP contribution is 2.19. The molecule has 0 saturated heterocycles. The second-order valence-corrected chi connectivity index (χ2v) is 3.75. The minimum absolute atomic E-state index is 0.0809. The summed E-state index contributed by atoms with van der Waals surface area (Å²) in [6, 6.07) is 8.31. The maximum atomic E-state index is 11.0. The van der Waals surface area contributed by atoms with Gasteiger partial charge in [-0.3, -0.25) is 4.79 Å². The summed E-state index contributed by atoms with van der Waals surface area (Å²) in [4.78, 5) is 21.8. The zero-order valence-electron chi connectivity index (χ0n) is 9.43. The van der Waals surface area contributed by atoms with E-state index in [0.29, 0.717) is 24.4 Å². The van der Waals surface area contributed by atoms with Crippen molar-refractivity contribution in [2.45, 2.75) is 13.3 Å². The molecule has 0 spiro atoms. The maximum absolute atomic E-state index is 11.0. The van der Waals surface area contributed by atoms with Crippen LogP contribution in [0, 0.1) is 0 Å². The second kappa shape index (κ2) is 4.82. The first-order valence-corrected chi connectivity index (χ1v) is 5.31. The Hall–Kier alpha value is -2.10. The Kier molecular flexibility index (Phi) is 3.23. The van der Waals surface area contributed by atoms with Crippen molar-refractivity contribution in [1.29, 1.82) is 0 Å². The fourth-order valence-corrected chi connectivity index (χ4v) is 1.44. The van der Waals surface area contributed by atoms with Gasteiger partial charge >= 0.3 is 5.63 Å². The maximum Gasteiger partial charge on any atom is 0.336 e. The fraction of sp³-hybridized carbons (Fsp3) is 0.231. The molecule has 1 heterocycles. The number of Topliss-reactive ketones (excluding diaryl/α,β-unsaturated/α-hetero) is 1. The lowest BCUT2D eigenvalue weighted by Gasteiger charge is -2.05. The summed E-state index contributed by atoms with van der Waals surface area (Å²) in [5.41, 5.74) is 0.0937. The molecule has 0 fully saturated rings. The predicted molar refractivity (Wildman–Crippen MR) is 63.3 cm³/mol. The zero-order valence-corrected chi connectivity index (χ0v) is 9.43. The van der Waals surface area contributed by atoms with Crippen LogP contribution in [0.1, 0.15) is 13.3 Å². The van der Waals surface area contributed by atoms with Crippen molar-refractivity contribution in [1.82, 2.24) is 0 Å². The molecule has 0 N–H and O–H groups in total. The first-order chi connectivity index (χ1) is 8.15. The first-order valence-electron chi connectivity index (χ1n) is 5.31. The van der Waals surface area contributed by atoms with Crippen LogP contribution >= 0.6 is 0 Å². The van der Waals surface area contributed by atoms with Gasteiger partial charge in [-0.15, -0.1) is 0 Å². The van der Waals surface area contributed by atoms with Gasteiger partial charge < -0.3 is 9.15 Å². The van der Waals surface area contributed by atoms with Gasteiger partial charge in [0, 0.05) is 23.9 Å². The molecule has 0 unspecified atom stereocenters. The van der Waals surface area contributed by atoms with Crippen LogP contribution in [0.15, 0.2) is 39.5 Å². The molecule has 0 saturated carbocycles. The molecule has 17 heavy (non-hydrogen) atoms. The summed E-state index contributed by atoms with van der Waals surface area (Å²) >= 11 is 0. The zero-order chi connectivity index (χ0) is 12.3. The van der Waals surface area contributed by atoms with E-state index in [4.69, 9.17) is 9.15 Å². The van der Waals surface area contributed by atoms with Gasteiger partial charge in [0.2, 0.25) is 0 Å². The average molecular weight is 232 g/mol. The SMILES string of the molecule is CC(=O)CCOc1ccc2ccc(=O)oc2c1. The van der Waals surface area contributed by atoms with Gasteiger partial charge in [0.05, 0.1) is 6.61 Å². The van der Waals surface area contributed by atoms with Crippen molar-refractivity contribution in [2.24, 2.45) is 0 Å². The number of ether oxygens (including phenoxy) is 1. The smallest absolute Gasteiger partial charge is 0.336 e. The highest BCUT2D eigenvalue weighted by Gasteiger charge is 2.01. The Morgan fingerprint density at radius 1 is 1.29 bits per heavy atom. The summed E-state index contributed by atoms with van der Waals surface area (Å²) in [6.45, 7) is 1.85. The van der Waals surface area contributed by atoms with E-state index in [-0.39, 0.29) is 5.78 Å². The second-order valence-electron chi connectivity index (χ2n) is 3.75. The third-order valence-electron chi connectivity index (χ3n) is 2.32. The summed E-state index contributed by atoms with van der Waals surface area (Å²) in [5, 5.41) is 0.837. The minimum atomic E-state index is -0.390. The Morgan fingerprint density at radius 2 is 2.06 bits per heavy atom. The molecule has 4 nitrogen and oxygen atoms in total. The van der Waals surface area contributed by atoms with Crippen LogP contribution in [-0.4, -0.2) is 12.4 Å². The normalized spacial score (nSPS) is 10.4. The van der Waals surface area contributed by atoms with Gasteiger partial charge in [0.25, 0.3) is 0 Å². The van der Waals surface area contributed by atoms with Crippen molar-refractivity contribution in [3.8, 4) is 5.75 Å². The van der Waals surface area contributed by atoms with Gasteiger partial charge in [-0.2, -0.15) is 0 Å². The van der Waals surface area contributed by atoms with E-state index in [0.717, 1.165) is 5.39 Å². The molecular weight excluding hydrogens is 220 g/mol. The molecule has 0 aliphatic heterocycles. The topological polar surface area (TPSA) is 56.5 Å². The molecule has 0 amide bonds. The van der Waals surface area contributed by atoms with Crippen LogP contribution in [0.3, 0.4) is 0 Å². The Bertz CT molecular complexity index is 598. The van der Waals surface area contributed by atoms with Gasteiger partial charge in [-0.25, -0.2) is 4.79 Å². The molecule has 2 rings (SSSR count). The molecular formula is C13H12O4. The summed E-state index contributed by atoms with van der Waals surface area (Å²) in [5.74, 6) is 0.672. The van der Waals surface area contributed by atoms with Gasteiger partial charge in [0.1, 0.15) is 17.1 Å². The van der Waals surface area contributed by atoms with E-state index in [1.807, 2.05) is 0 Å². The van der Waals surface area contributed by atoms with Gasteiger partial charge in [-0.1, -0.05) is 0 Å². The average Bonchev–Trinajstić information content (AvgIpc) is 2.28. The molecule has 0 atom stereocenters. The Labute approximate surface area is 97.8 Å². The molecule has 88 valence electrons. The first kappa shape index (κ1) is 11.4. The monoisotopic (exact) mass is 232 g/mol. The van der Waals surface area contributed by atoms with Crippen molar-refractivity contribution in [2.75, 3.05) is 6.61 Å². The molecule has 0 aliphatic rings. The van der Waals surface area contributed by atoms with E-state index >= 15 is 0 Å². The molecule has 0 radical (unpaired) electrons. The van der Waals surface area contributed by atoms with Crippen molar-refractivity contribution >= 4 is 16.8 Å². The number of benzene rings is 1.